The van der Waals surface area contributed by atoms with Gasteiger partial charge < -0.3 is 15.6 Å². The van der Waals surface area contributed by atoms with E-state index in [4.69, 9.17) is 0 Å². The number of carbonyl (C=O) groups excluding carboxylic acids is 2. The van der Waals surface area contributed by atoms with Gasteiger partial charge in [-0.2, -0.15) is 13.2 Å². The molecule has 1 aliphatic rings. The maximum atomic E-state index is 12.4. The number of rotatable bonds is 9. The Balaban J connectivity index is 0.000000510. The summed E-state index contributed by atoms with van der Waals surface area (Å²) in [6.07, 6.45) is -1.92. The van der Waals surface area contributed by atoms with E-state index < -0.39 is 36.3 Å². The summed E-state index contributed by atoms with van der Waals surface area (Å²) in [6, 6.07) is 5.29. The number of hydrogen-bond donors (Lipinski definition) is 3. The van der Waals surface area contributed by atoms with Gasteiger partial charge in [0.15, 0.2) is 0 Å². The number of aromatic amines is 1. The van der Waals surface area contributed by atoms with Crippen molar-refractivity contribution >= 4 is 22.8 Å². The van der Waals surface area contributed by atoms with Gasteiger partial charge in [0, 0.05) is 31.2 Å². The number of imidazole rings is 1. The van der Waals surface area contributed by atoms with Crippen LogP contribution in [-0.4, -0.2) is 33.9 Å². The summed E-state index contributed by atoms with van der Waals surface area (Å²) in [5, 5.41) is 5.38. The first-order chi connectivity index (χ1) is 17.3. The lowest BCUT2D eigenvalue weighted by Crippen LogP contribution is -2.37. The van der Waals surface area contributed by atoms with Crippen LogP contribution in [-0.2, 0) is 22.7 Å². The molecule has 1 aromatic carbocycles. The van der Waals surface area contributed by atoms with Crippen LogP contribution in [0.3, 0.4) is 0 Å². The molecule has 1 heterocycles. The average Bonchev–Trinajstić information content (AvgIpc) is 3.26. The van der Waals surface area contributed by atoms with Crippen LogP contribution < -0.4 is 10.6 Å². The van der Waals surface area contributed by atoms with Crippen molar-refractivity contribution in [3.8, 4) is 0 Å². The molecule has 1 fully saturated rings. The molecule has 2 amide bonds. The Bertz CT molecular complexity index is 1020. The Labute approximate surface area is 214 Å². The molecule has 2 aromatic rings. The van der Waals surface area contributed by atoms with Gasteiger partial charge in [0.25, 0.3) is 0 Å². The smallest absolute Gasteiger partial charge is 0.352 e. The zero-order chi connectivity index (χ0) is 27.7. The molecule has 0 radical (unpaired) electrons. The van der Waals surface area contributed by atoms with Crippen molar-refractivity contribution in [2.45, 2.75) is 104 Å². The van der Waals surface area contributed by atoms with E-state index in [0.29, 0.717) is 24.2 Å². The Kier molecular flexibility index (Phi) is 10.9. The molecule has 0 atom stereocenters. The molecule has 1 aromatic heterocycles. The van der Waals surface area contributed by atoms with Crippen LogP contribution in [0.15, 0.2) is 18.2 Å². The summed E-state index contributed by atoms with van der Waals surface area (Å²) >= 11 is 0. The molecule has 11 heteroatoms. The molecule has 3 rings (SSSR count). The molecule has 0 spiro atoms. The second-order valence-corrected chi connectivity index (χ2v) is 9.79. The van der Waals surface area contributed by atoms with Crippen molar-refractivity contribution in [3.05, 3.63) is 29.6 Å². The van der Waals surface area contributed by atoms with E-state index >= 15 is 0 Å². The minimum absolute atomic E-state index is 0.0229. The van der Waals surface area contributed by atoms with Gasteiger partial charge in [-0.25, -0.2) is 13.8 Å². The first-order valence-corrected chi connectivity index (χ1v) is 12.7. The van der Waals surface area contributed by atoms with Crippen molar-refractivity contribution in [2.24, 2.45) is 5.41 Å². The maximum absolute atomic E-state index is 12.4. The summed E-state index contributed by atoms with van der Waals surface area (Å²) in [6.45, 7) is 6.29. The monoisotopic (exact) mass is 532 g/mol. The van der Waals surface area contributed by atoms with Gasteiger partial charge in [-0.1, -0.05) is 33.3 Å². The molecule has 0 bridgehead atoms. The molecule has 0 aliphatic heterocycles. The van der Waals surface area contributed by atoms with Crippen molar-refractivity contribution in [1.82, 2.24) is 20.6 Å². The van der Waals surface area contributed by atoms with E-state index in [9.17, 15) is 31.5 Å². The van der Waals surface area contributed by atoms with Gasteiger partial charge in [-0.3, -0.25) is 9.59 Å². The van der Waals surface area contributed by atoms with Crippen molar-refractivity contribution in [3.63, 3.8) is 0 Å². The lowest BCUT2D eigenvalue weighted by molar-refractivity contribution is -0.144. The largest absolute Gasteiger partial charge is 0.389 e. The first kappa shape index (κ1) is 30.5. The van der Waals surface area contributed by atoms with Crippen LogP contribution >= 0.6 is 0 Å². The number of nitrogens with one attached hydrogen (secondary N) is 3. The average molecular weight is 533 g/mol. The third kappa shape index (κ3) is 10.3. The molecule has 1 saturated carbocycles. The van der Waals surface area contributed by atoms with E-state index in [1.54, 1.807) is 18.2 Å². The number of aromatic nitrogens is 2. The fraction of sp³-hybridized carbons (Fsp3) is 0.654. The second kappa shape index (κ2) is 13.2. The highest BCUT2D eigenvalue weighted by atomic mass is 19.4. The summed E-state index contributed by atoms with van der Waals surface area (Å²) in [4.78, 5) is 31.5. The number of H-pyrrole nitrogens is 1. The molecule has 0 saturated heterocycles. The van der Waals surface area contributed by atoms with Crippen LogP contribution in [0.2, 0.25) is 0 Å². The lowest BCUT2D eigenvalue weighted by Gasteiger charge is -2.24. The van der Waals surface area contributed by atoms with Gasteiger partial charge in [0.2, 0.25) is 17.7 Å². The van der Waals surface area contributed by atoms with E-state index in [0.717, 1.165) is 30.3 Å². The zero-order valence-corrected chi connectivity index (χ0v) is 21.7. The van der Waals surface area contributed by atoms with E-state index in [1.165, 1.54) is 0 Å². The number of amides is 2. The summed E-state index contributed by atoms with van der Waals surface area (Å²) < 4.78 is 60.9. The maximum Gasteiger partial charge on any atom is 0.389 e. The second-order valence-electron chi connectivity index (χ2n) is 9.79. The number of hydrogen-bond acceptors (Lipinski definition) is 3. The Morgan fingerprint density at radius 2 is 1.68 bits per heavy atom. The topological polar surface area (TPSA) is 86.9 Å². The van der Waals surface area contributed by atoms with Crippen molar-refractivity contribution in [1.29, 1.82) is 0 Å². The summed E-state index contributed by atoms with van der Waals surface area (Å²) in [5.74, 6) is -2.39. The quantitative estimate of drug-likeness (QED) is 0.320. The summed E-state index contributed by atoms with van der Waals surface area (Å²) in [5.41, 5.74) is 1.76. The van der Waals surface area contributed by atoms with Gasteiger partial charge in [-0.15, -0.1) is 0 Å². The van der Waals surface area contributed by atoms with Gasteiger partial charge in [0.05, 0.1) is 24.0 Å². The van der Waals surface area contributed by atoms with E-state index in [2.05, 4.69) is 20.6 Å². The zero-order valence-electron chi connectivity index (χ0n) is 21.7. The van der Waals surface area contributed by atoms with Gasteiger partial charge in [-0.05, 0) is 43.4 Å². The molecule has 6 nitrogen and oxygen atoms in total. The van der Waals surface area contributed by atoms with E-state index in [-0.39, 0.29) is 31.8 Å². The molecular formula is C26H37F5N4O2. The molecule has 3 N–H and O–H groups in total. The summed E-state index contributed by atoms with van der Waals surface area (Å²) in [7, 11) is 0. The van der Waals surface area contributed by atoms with Crippen LogP contribution in [0.25, 0.3) is 11.0 Å². The number of fused-ring (bicyclic) bond motifs is 1. The number of halogens is 5. The number of carbonyl (C=O) groups is 2. The van der Waals surface area contributed by atoms with E-state index in [1.807, 2.05) is 20.8 Å². The number of alkyl halides is 5. The first-order valence-electron chi connectivity index (χ1n) is 12.7. The van der Waals surface area contributed by atoms with Crippen LogP contribution in [0.1, 0.15) is 89.9 Å². The standard InChI is InChI=1S/C20H27F3N4O2.C6H10F2/c1-4-19(3,5-2)18(29)25-12-16-26-14-7-6-13(10-15(14)27-16)11-24-17(28)8-9-20(21,22)23;7-6(8)4-2-1-3-5-6/h6-7,10H,4-5,8-9,11-12H2,1-3H3,(H,24,28)(H,25,29)(H,26,27);1-5H2. The minimum Gasteiger partial charge on any atom is -0.352 e. The van der Waals surface area contributed by atoms with Gasteiger partial charge >= 0.3 is 6.18 Å². The van der Waals surface area contributed by atoms with Crippen molar-refractivity contribution in [2.75, 3.05) is 0 Å². The number of nitrogens with zero attached hydrogens (tertiary/aromatic N) is 1. The molecule has 0 unspecified atom stereocenters. The highest BCUT2D eigenvalue weighted by Crippen LogP contribution is 2.32. The minimum atomic E-state index is -4.34. The predicted octanol–water partition coefficient (Wildman–Crippen LogP) is 6.55. The lowest BCUT2D eigenvalue weighted by atomic mass is 9.84. The molecule has 1 aliphatic carbocycles. The molecular weight excluding hydrogens is 495 g/mol. The van der Waals surface area contributed by atoms with Crippen LogP contribution in [0, 0.1) is 5.41 Å². The Morgan fingerprint density at radius 1 is 1.03 bits per heavy atom. The van der Waals surface area contributed by atoms with Crippen LogP contribution in [0.4, 0.5) is 22.0 Å². The SMILES string of the molecule is CCC(C)(CC)C(=O)NCc1nc2ccc(CNC(=O)CCC(F)(F)F)cc2[nH]1.FC1(F)CCCCC1. The predicted molar refractivity (Wildman–Crippen MR) is 132 cm³/mol. The molecule has 37 heavy (non-hydrogen) atoms. The third-order valence-corrected chi connectivity index (χ3v) is 6.83. The Hall–Kier alpha value is -2.72. The van der Waals surface area contributed by atoms with Crippen LogP contribution in [0.5, 0.6) is 0 Å². The molecule has 208 valence electrons. The third-order valence-electron chi connectivity index (χ3n) is 6.83. The highest BCUT2D eigenvalue weighted by molar-refractivity contribution is 5.82. The van der Waals surface area contributed by atoms with Crippen molar-refractivity contribution < 1.29 is 31.5 Å². The normalized spacial score (nSPS) is 15.6. The number of benzene rings is 1. The highest BCUT2D eigenvalue weighted by Gasteiger charge is 2.30. The fourth-order valence-electron chi connectivity index (χ4n) is 3.87. The fourth-order valence-corrected chi connectivity index (χ4v) is 3.87. The van der Waals surface area contributed by atoms with Gasteiger partial charge in [0.1, 0.15) is 5.82 Å². The Morgan fingerprint density at radius 3 is 2.22 bits per heavy atom.